The van der Waals surface area contributed by atoms with Crippen molar-refractivity contribution >= 4 is 34.8 Å². The van der Waals surface area contributed by atoms with Crippen molar-refractivity contribution < 1.29 is 4.92 Å². The highest BCUT2D eigenvalue weighted by molar-refractivity contribution is 7.99. The van der Waals surface area contributed by atoms with Crippen LogP contribution < -0.4 is 0 Å². The van der Waals surface area contributed by atoms with Gasteiger partial charge in [0.1, 0.15) is 0 Å². The van der Waals surface area contributed by atoms with Gasteiger partial charge in [0.25, 0.3) is 0 Å². The number of pyridine rings is 2. The molecule has 1 aromatic carbocycles. The molecule has 0 unspecified atom stereocenters. The minimum Gasteiger partial charge on any atom is -0.358 e. The Hall–Kier alpha value is -3.76. The fourth-order valence-corrected chi connectivity index (χ4v) is 4.47. The molecule has 0 spiro atoms. The van der Waals surface area contributed by atoms with Crippen molar-refractivity contribution in [2.24, 2.45) is 0 Å². The van der Waals surface area contributed by atoms with Crippen molar-refractivity contribution in [3.8, 4) is 17.1 Å². The Labute approximate surface area is 190 Å². The molecule has 0 saturated carbocycles. The van der Waals surface area contributed by atoms with Gasteiger partial charge in [0, 0.05) is 29.0 Å². The maximum absolute atomic E-state index is 11.8. The number of hydrogen-bond donors (Lipinski definition) is 0. The van der Waals surface area contributed by atoms with E-state index in [-0.39, 0.29) is 10.8 Å². The average Bonchev–Trinajstić information content (AvgIpc) is 3.37. The highest BCUT2D eigenvalue weighted by atomic mass is 35.5. The van der Waals surface area contributed by atoms with Crippen molar-refractivity contribution in [3.05, 3.63) is 87.8 Å². The number of halogens is 1. The van der Waals surface area contributed by atoms with Crippen LogP contribution in [-0.2, 0) is 0 Å². The highest BCUT2D eigenvalue weighted by Crippen LogP contribution is 2.38. The van der Waals surface area contributed by atoms with Crippen LogP contribution in [0.15, 0.2) is 77.3 Å². The standard InChI is InChI=1S/C21H14ClN7O2S/c1-13-15(22)5-4-6-16(13)28-18(14-8-10-23-11-9-14)25-26-21(28)32-19-20(29(30)31)27-12-3-2-7-17(27)24-19/h2-12H,1H3. The molecule has 11 heteroatoms. The third kappa shape index (κ3) is 3.39. The lowest BCUT2D eigenvalue weighted by atomic mass is 10.2. The van der Waals surface area contributed by atoms with Gasteiger partial charge < -0.3 is 10.1 Å². The maximum atomic E-state index is 11.8. The number of nitro groups is 1. The number of rotatable bonds is 5. The second-order valence-corrected chi connectivity index (χ2v) is 8.15. The van der Waals surface area contributed by atoms with Crippen LogP contribution >= 0.6 is 23.4 Å². The molecule has 0 amide bonds. The lowest BCUT2D eigenvalue weighted by molar-refractivity contribution is -0.393. The summed E-state index contributed by atoms with van der Waals surface area (Å²) in [7, 11) is 0. The van der Waals surface area contributed by atoms with E-state index in [1.807, 2.05) is 35.8 Å². The fourth-order valence-electron chi connectivity index (χ4n) is 3.36. The third-order valence-electron chi connectivity index (χ3n) is 4.89. The molecule has 0 saturated heterocycles. The number of benzene rings is 1. The summed E-state index contributed by atoms with van der Waals surface area (Å²) in [5, 5.41) is 21.8. The number of aromatic nitrogens is 6. The van der Waals surface area contributed by atoms with Crippen LogP contribution in [0.25, 0.3) is 22.7 Å². The van der Waals surface area contributed by atoms with Crippen LogP contribution in [0.2, 0.25) is 5.02 Å². The number of hydrogen-bond acceptors (Lipinski definition) is 7. The van der Waals surface area contributed by atoms with Crippen LogP contribution in [0.1, 0.15) is 5.56 Å². The van der Waals surface area contributed by atoms with Crippen molar-refractivity contribution in [3.63, 3.8) is 0 Å². The summed E-state index contributed by atoms with van der Waals surface area (Å²) in [5.74, 6) is 0.431. The summed E-state index contributed by atoms with van der Waals surface area (Å²) in [6.07, 6.45) is 4.94. The Morgan fingerprint density at radius 2 is 1.88 bits per heavy atom. The first-order chi connectivity index (χ1) is 15.5. The van der Waals surface area contributed by atoms with E-state index in [2.05, 4.69) is 20.2 Å². The molecular formula is C21H14ClN7O2S. The summed E-state index contributed by atoms with van der Waals surface area (Å²) in [6.45, 7) is 1.90. The molecule has 0 atom stereocenters. The van der Waals surface area contributed by atoms with Gasteiger partial charge in [0.2, 0.25) is 15.8 Å². The first kappa shape index (κ1) is 20.2. The summed E-state index contributed by atoms with van der Waals surface area (Å²) < 4.78 is 3.27. The summed E-state index contributed by atoms with van der Waals surface area (Å²) in [5.41, 5.74) is 2.86. The Bertz CT molecular complexity index is 1470. The van der Waals surface area contributed by atoms with Crippen molar-refractivity contribution in [2.45, 2.75) is 17.1 Å². The molecule has 0 aliphatic heterocycles. The molecule has 0 aliphatic rings. The highest BCUT2D eigenvalue weighted by Gasteiger charge is 2.27. The predicted octanol–water partition coefficient (Wildman–Crippen LogP) is 5.00. The van der Waals surface area contributed by atoms with Gasteiger partial charge in [-0.1, -0.05) is 23.7 Å². The Kier molecular flexibility index (Phi) is 5.08. The molecular weight excluding hydrogens is 450 g/mol. The Morgan fingerprint density at radius 1 is 1.06 bits per heavy atom. The number of imidazole rings is 1. The average molecular weight is 464 g/mol. The second-order valence-electron chi connectivity index (χ2n) is 6.79. The van der Waals surface area contributed by atoms with E-state index < -0.39 is 4.92 Å². The predicted molar refractivity (Wildman–Crippen MR) is 120 cm³/mol. The van der Waals surface area contributed by atoms with E-state index in [1.165, 1.54) is 4.40 Å². The molecule has 4 heterocycles. The lowest BCUT2D eigenvalue weighted by Crippen LogP contribution is -2.02. The summed E-state index contributed by atoms with van der Waals surface area (Å²) in [6, 6.07) is 14.4. The molecule has 4 aromatic heterocycles. The largest absolute Gasteiger partial charge is 0.362 e. The van der Waals surface area contributed by atoms with Gasteiger partial charge in [-0.3, -0.25) is 9.55 Å². The van der Waals surface area contributed by atoms with Crippen LogP contribution in [-0.4, -0.2) is 34.1 Å². The topological polar surface area (TPSA) is 104 Å². The van der Waals surface area contributed by atoms with E-state index >= 15 is 0 Å². The molecule has 0 aliphatic carbocycles. The van der Waals surface area contributed by atoms with E-state index in [9.17, 15) is 10.1 Å². The number of nitrogens with zero attached hydrogens (tertiary/aromatic N) is 7. The molecule has 9 nitrogen and oxygen atoms in total. The molecule has 0 N–H and O–H groups in total. The smallest absolute Gasteiger partial charge is 0.358 e. The van der Waals surface area contributed by atoms with E-state index in [0.29, 0.717) is 21.7 Å². The molecule has 0 radical (unpaired) electrons. The first-order valence-electron chi connectivity index (χ1n) is 9.45. The van der Waals surface area contributed by atoms with Crippen molar-refractivity contribution in [1.29, 1.82) is 0 Å². The number of fused-ring (bicyclic) bond motifs is 1. The van der Waals surface area contributed by atoms with Gasteiger partial charge >= 0.3 is 5.82 Å². The van der Waals surface area contributed by atoms with E-state index in [0.717, 1.165) is 28.6 Å². The van der Waals surface area contributed by atoms with Gasteiger partial charge in [-0.15, -0.1) is 10.2 Å². The van der Waals surface area contributed by atoms with E-state index in [4.69, 9.17) is 11.6 Å². The molecule has 5 aromatic rings. The normalized spacial score (nSPS) is 11.2. The van der Waals surface area contributed by atoms with E-state index in [1.54, 1.807) is 42.9 Å². The van der Waals surface area contributed by atoms with Gasteiger partial charge in [-0.25, -0.2) is 0 Å². The Morgan fingerprint density at radius 3 is 2.66 bits per heavy atom. The van der Waals surface area contributed by atoms with Crippen LogP contribution in [0.4, 0.5) is 5.82 Å². The first-order valence-corrected chi connectivity index (χ1v) is 10.6. The van der Waals surface area contributed by atoms with Gasteiger partial charge in [-0.05, 0) is 59.5 Å². The zero-order chi connectivity index (χ0) is 22.2. The molecule has 0 bridgehead atoms. The third-order valence-corrected chi connectivity index (χ3v) is 6.21. The molecule has 158 valence electrons. The second kappa shape index (κ2) is 8.06. The Balaban J connectivity index is 1.72. The molecule has 0 fully saturated rings. The lowest BCUT2D eigenvalue weighted by Gasteiger charge is -2.13. The van der Waals surface area contributed by atoms with Crippen molar-refractivity contribution in [2.75, 3.05) is 0 Å². The van der Waals surface area contributed by atoms with Crippen LogP contribution in [0.5, 0.6) is 0 Å². The fraction of sp³-hybridized carbons (Fsp3) is 0.0476. The van der Waals surface area contributed by atoms with Crippen molar-refractivity contribution in [1.82, 2.24) is 29.1 Å². The zero-order valence-corrected chi connectivity index (χ0v) is 18.2. The SMILES string of the molecule is Cc1c(Cl)cccc1-n1c(Sc2nc3ccccn3c2[N+](=O)[O-])nnc1-c1ccncc1. The summed E-state index contributed by atoms with van der Waals surface area (Å²) >= 11 is 7.46. The quantitative estimate of drug-likeness (QED) is 0.267. The summed E-state index contributed by atoms with van der Waals surface area (Å²) in [4.78, 5) is 19.9. The van der Waals surface area contributed by atoms with Gasteiger partial charge in [-0.2, -0.15) is 9.38 Å². The minimum atomic E-state index is -0.447. The molecule has 32 heavy (non-hydrogen) atoms. The monoisotopic (exact) mass is 463 g/mol. The minimum absolute atomic E-state index is 0.131. The van der Waals surface area contributed by atoms with Crippen LogP contribution in [0, 0.1) is 17.0 Å². The molecule has 5 rings (SSSR count). The van der Waals surface area contributed by atoms with Gasteiger partial charge in [0.15, 0.2) is 5.82 Å². The zero-order valence-electron chi connectivity index (χ0n) is 16.6. The maximum Gasteiger partial charge on any atom is 0.362 e. The van der Waals surface area contributed by atoms with Gasteiger partial charge in [0.05, 0.1) is 11.9 Å². The van der Waals surface area contributed by atoms with Crippen LogP contribution in [0.3, 0.4) is 0 Å².